The van der Waals surface area contributed by atoms with Gasteiger partial charge in [0.25, 0.3) is 0 Å². The number of aromatic nitrogens is 4. The molecule has 8 rings (SSSR count). The molecule has 8 heterocycles. The summed E-state index contributed by atoms with van der Waals surface area (Å²) >= 11 is 15.3. The van der Waals surface area contributed by atoms with Crippen LogP contribution in [0.3, 0.4) is 0 Å². The Morgan fingerprint density at radius 3 is 0.793 bits per heavy atom. The number of fused-ring (bicyclic) bond motifs is 2. The van der Waals surface area contributed by atoms with Crippen molar-refractivity contribution in [2.75, 3.05) is 0 Å². The lowest BCUT2D eigenvalue weighted by Gasteiger charge is -2.17. The normalized spacial score (nSPS) is 13.4. The SMILES string of the molecule is CCCCCCCCC(CCCCCC)Cc1ccsc1-c1nc2sc(-c3sc(-c4cc(CC(CCCC)CCCCCC)c(-c5nc6sc(-c7sccc7CC(CCCC)CCCCCC)nc6s5)s4)cc3CC(CCCCCC)CCCCCCCC)nc2s1. The molecule has 0 aliphatic heterocycles. The molecule has 0 amide bonds. The third-order valence-electron chi connectivity index (χ3n) is 19.8. The predicted molar refractivity (Wildman–Crippen MR) is 422 cm³/mol. The van der Waals surface area contributed by atoms with Crippen molar-refractivity contribution in [3.63, 3.8) is 0 Å². The van der Waals surface area contributed by atoms with Gasteiger partial charge in [-0.1, -0.05) is 358 Å². The molecule has 0 aromatic carbocycles. The van der Waals surface area contributed by atoms with Crippen LogP contribution in [0.1, 0.15) is 334 Å². The van der Waals surface area contributed by atoms with Crippen molar-refractivity contribution < 1.29 is 0 Å². The molecular formula is C80H122N4S8. The first-order valence-electron chi connectivity index (χ1n) is 38.2. The fourth-order valence-electron chi connectivity index (χ4n) is 14.3. The zero-order valence-electron chi connectivity index (χ0n) is 58.9. The fourth-order valence-corrected chi connectivity index (χ4v) is 23.2. The van der Waals surface area contributed by atoms with E-state index in [1.165, 1.54) is 341 Å². The van der Waals surface area contributed by atoms with Crippen LogP contribution >= 0.6 is 90.7 Å². The summed E-state index contributed by atoms with van der Waals surface area (Å²) in [4.78, 5) is 35.1. The summed E-state index contributed by atoms with van der Waals surface area (Å²) in [6, 6.07) is 10.1. The van der Waals surface area contributed by atoms with Gasteiger partial charge in [0.15, 0.2) is 19.3 Å². The molecule has 0 saturated carbocycles. The van der Waals surface area contributed by atoms with Gasteiger partial charge < -0.3 is 0 Å². The smallest absolute Gasteiger partial charge is 0.155 e. The van der Waals surface area contributed by atoms with E-state index in [2.05, 4.69) is 90.4 Å². The van der Waals surface area contributed by atoms with Crippen LogP contribution < -0.4 is 0 Å². The van der Waals surface area contributed by atoms with Crippen LogP contribution in [0.5, 0.6) is 0 Å². The lowest BCUT2D eigenvalue weighted by atomic mass is 9.88. The molecule has 510 valence electrons. The Morgan fingerprint density at radius 2 is 0.500 bits per heavy atom. The van der Waals surface area contributed by atoms with E-state index in [-0.39, 0.29) is 0 Å². The van der Waals surface area contributed by atoms with Gasteiger partial charge in [-0.05, 0) is 107 Å². The molecule has 4 nitrogen and oxygen atoms in total. The topological polar surface area (TPSA) is 51.6 Å². The Morgan fingerprint density at radius 1 is 0.261 bits per heavy atom. The second-order valence-electron chi connectivity index (χ2n) is 27.9. The molecule has 92 heavy (non-hydrogen) atoms. The number of unbranched alkanes of at least 4 members (excludes halogenated alkanes) is 24. The van der Waals surface area contributed by atoms with Gasteiger partial charge in [0.2, 0.25) is 0 Å². The zero-order chi connectivity index (χ0) is 64.5. The highest BCUT2D eigenvalue weighted by Gasteiger charge is 2.27. The Kier molecular flexibility index (Phi) is 35.6. The van der Waals surface area contributed by atoms with E-state index in [1.807, 2.05) is 90.7 Å². The number of hydrogen-bond donors (Lipinski definition) is 0. The summed E-state index contributed by atoms with van der Waals surface area (Å²) < 4.78 is 0. The van der Waals surface area contributed by atoms with Gasteiger partial charge in [-0.3, -0.25) is 0 Å². The summed E-state index contributed by atoms with van der Waals surface area (Å²) in [5.41, 5.74) is 6.06. The molecule has 0 N–H and O–H groups in total. The molecule has 8 aromatic rings. The van der Waals surface area contributed by atoms with Crippen molar-refractivity contribution in [2.45, 2.75) is 338 Å². The van der Waals surface area contributed by atoms with E-state index in [0.717, 1.165) is 44.0 Å². The first kappa shape index (κ1) is 75.6. The summed E-state index contributed by atoms with van der Waals surface area (Å²) in [5.74, 6) is 2.88. The highest BCUT2D eigenvalue weighted by Crippen LogP contribution is 2.50. The number of thiophene rings is 4. The van der Waals surface area contributed by atoms with Crippen molar-refractivity contribution >= 4 is 110 Å². The Bertz CT molecular complexity index is 3140. The Labute approximate surface area is 593 Å². The maximum atomic E-state index is 5.65. The van der Waals surface area contributed by atoms with Crippen LogP contribution in [-0.2, 0) is 25.7 Å². The molecule has 4 unspecified atom stereocenters. The van der Waals surface area contributed by atoms with Crippen LogP contribution in [0.25, 0.3) is 68.6 Å². The van der Waals surface area contributed by atoms with Crippen LogP contribution in [0, 0.1) is 23.7 Å². The molecule has 0 saturated heterocycles. The zero-order valence-corrected chi connectivity index (χ0v) is 65.5. The monoisotopic (exact) mass is 1390 g/mol. The molecular weight excluding hydrogens is 1270 g/mol. The molecule has 4 atom stereocenters. The van der Waals surface area contributed by atoms with Gasteiger partial charge in [-0.15, -0.1) is 45.3 Å². The second kappa shape index (κ2) is 43.3. The predicted octanol–water partition coefficient (Wildman–Crippen LogP) is 30.8. The molecule has 8 aromatic heterocycles. The highest BCUT2D eigenvalue weighted by molar-refractivity contribution is 7.34. The average Bonchev–Trinajstić information content (AvgIpc) is 1.64. The van der Waals surface area contributed by atoms with Crippen molar-refractivity contribution in [3.8, 4) is 49.3 Å². The van der Waals surface area contributed by atoms with Gasteiger partial charge in [-0.25, -0.2) is 19.9 Å². The molecule has 0 aliphatic carbocycles. The van der Waals surface area contributed by atoms with E-state index >= 15 is 0 Å². The van der Waals surface area contributed by atoms with Gasteiger partial charge in [0.1, 0.15) is 20.0 Å². The first-order valence-corrected chi connectivity index (χ1v) is 44.9. The minimum atomic E-state index is 0.682. The quantitative estimate of drug-likeness (QED) is 0.0357. The number of hydrogen-bond acceptors (Lipinski definition) is 12. The Hall–Kier alpha value is -2.16. The summed E-state index contributed by atoms with van der Waals surface area (Å²) in [5, 5.41) is 9.38. The molecule has 0 fully saturated rings. The summed E-state index contributed by atoms with van der Waals surface area (Å²) in [7, 11) is 0. The van der Waals surface area contributed by atoms with Gasteiger partial charge >= 0.3 is 0 Å². The molecule has 0 radical (unpaired) electrons. The van der Waals surface area contributed by atoms with E-state index in [9.17, 15) is 0 Å². The lowest BCUT2D eigenvalue weighted by Crippen LogP contribution is -2.05. The van der Waals surface area contributed by atoms with Crippen molar-refractivity contribution in [3.05, 3.63) is 57.3 Å². The van der Waals surface area contributed by atoms with E-state index in [4.69, 9.17) is 19.9 Å². The second-order valence-corrected chi connectivity index (χ2v) is 35.7. The first-order chi connectivity index (χ1) is 45.3. The number of rotatable bonds is 53. The van der Waals surface area contributed by atoms with Crippen molar-refractivity contribution in [1.82, 2.24) is 19.9 Å². The molecule has 0 bridgehead atoms. The van der Waals surface area contributed by atoms with Crippen molar-refractivity contribution in [2.24, 2.45) is 23.7 Å². The average molecular weight is 1400 g/mol. The largest absolute Gasteiger partial charge is 0.222 e. The third kappa shape index (κ3) is 24.1. The summed E-state index contributed by atoms with van der Waals surface area (Å²) in [6.07, 6.45) is 58.3. The molecule has 0 aliphatic rings. The standard InChI is InChI=1S/C80H122N4S8/c1-9-17-25-31-33-39-47-61(45-37-29-21-13-5)54-64-50-52-86-70(64)74-82-78-80(90-74)84-76(92-78)72-66(56-62(46-38-30-22-14-6)48-40-34-32-26-18-10-2)58-68(88-72)67-57-65(55-60(42-24-16-8)44-36-28-20-12-4)71(87-67)75-83-79-77(91-75)81-73(89-79)69-63(49-51-85-69)53-59(41-23-15-7)43-35-27-19-11-3/h49-52,57-62H,9-48,53-56H2,1-8H3. The van der Waals surface area contributed by atoms with Crippen LogP contribution in [0.15, 0.2) is 35.0 Å². The van der Waals surface area contributed by atoms with Crippen molar-refractivity contribution in [1.29, 1.82) is 0 Å². The summed E-state index contributed by atoms with van der Waals surface area (Å²) in [6.45, 7) is 18.8. The van der Waals surface area contributed by atoms with Gasteiger partial charge in [0, 0.05) is 9.75 Å². The van der Waals surface area contributed by atoms with E-state index in [0.29, 0.717) is 11.8 Å². The maximum absolute atomic E-state index is 5.65. The highest BCUT2D eigenvalue weighted by atomic mass is 32.1. The molecule has 12 heteroatoms. The minimum Gasteiger partial charge on any atom is -0.222 e. The maximum Gasteiger partial charge on any atom is 0.155 e. The fraction of sp³-hybridized carbons (Fsp3) is 0.700. The third-order valence-corrected chi connectivity index (χ3v) is 29.0. The van der Waals surface area contributed by atoms with E-state index < -0.39 is 0 Å². The van der Waals surface area contributed by atoms with Crippen LogP contribution in [-0.4, -0.2) is 19.9 Å². The van der Waals surface area contributed by atoms with Crippen LogP contribution in [0.2, 0.25) is 0 Å². The molecule has 0 spiro atoms. The Balaban J connectivity index is 1.13. The number of thiazole rings is 4. The van der Waals surface area contributed by atoms with E-state index in [1.54, 1.807) is 0 Å². The lowest BCUT2D eigenvalue weighted by molar-refractivity contribution is 0.403. The number of nitrogens with zero attached hydrogens (tertiary/aromatic N) is 4. The van der Waals surface area contributed by atoms with Gasteiger partial charge in [0.05, 0.1) is 19.5 Å². The van der Waals surface area contributed by atoms with Gasteiger partial charge in [-0.2, -0.15) is 0 Å². The van der Waals surface area contributed by atoms with Crippen LogP contribution in [0.4, 0.5) is 0 Å². The minimum absolute atomic E-state index is 0.682.